The number of carbonyl (C=O) groups is 1. The lowest BCUT2D eigenvalue weighted by atomic mass is 10.1. The molecule has 5 heteroatoms. The van der Waals surface area contributed by atoms with Gasteiger partial charge in [0, 0.05) is 12.5 Å². The lowest BCUT2D eigenvalue weighted by Gasteiger charge is -2.07. The van der Waals surface area contributed by atoms with Crippen LogP contribution in [0.5, 0.6) is 5.75 Å². The molecule has 1 atom stereocenters. The minimum atomic E-state index is -1.18. The number of benzene rings is 1. The quantitative estimate of drug-likeness (QED) is 0.659. The van der Waals surface area contributed by atoms with Crippen molar-refractivity contribution in [2.24, 2.45) is 5.73 Å². The molecule has 0 bridgehead atoms. The van der Waals surface area contributed by atoms with E-state index in [4.69, 9.17) is 15.9 Å². The lowest BCUT2D eigenvalue weighted by Crippen LogP contribution is -2.32. The number of rotatable bonds is 3. The zero-order chi connectivity index (χ0) is 10.7. The van der Waals surface area contributed by atoms with Crippen molar-refractivity contribution in [1.82, 2.24) is 0 Å². The van der Waals surface area contributed by atoms with Crippen molar-refractivity contribution < 1.29 is 19.4 Å². The van der Waals surface area contributed by atoms with Crippen molar-refractivity contribution in [3.63, 3.8) is 0 Å². The van der Waals surface area contributed by atoms with Crippen LogP contribution >= 0.6 is 0 Å². The molecule has 0 saturated carbocycles. The number of aliphatic carboxylic acids is 1. The number of carboxylic acid groups (broad SMARTS) is 1. The molecule has 1 rings (SSSR count). The first-order chi connectivity index (χ1) is 6.50. The predicted octanol–water partition coefficient (Wildman–Crippen LogP) is 0.486. The molecule has 0 amide bonds. The summed E-state index contributed by atoms with van der Waals surface area (Å²) in [6, 6.07) is 2.39. The Morgan fingerprint density at radius 1 is 1.57 bits per heavy atom. The number of hydrogen-bond acceptors (Lipinski definition) is 3. The van der Waals surface area contributed by atoms with E-state index >= 15 is 0 Å². The molecule has 1 aromatic carbocycles. The Kier molecular flexibility index (Phi) is 3.03. The van der Waals surface area contributed by atoms with Crippen LogP contribution in [0.1, 0.15) is 5.56 Å². The topological polar surface area (TPSA) is 83.5 Å². The molecule has 0 fully saturated rings. The number of carboxylic acids is 1. The van der Waals surface area contributed by atoms with Crippen LogP contribution in [-0.2, 0) is 11.2 Å². The van der Waals surface area contributed by atoms with Crippen molar-refractivity contribution in [1.29, 1.82) is 0 Å². The normalized spacial score (nSPS) is 12.4. The van der Waals surface area contributed by atoms with E-state index in [0.717, 1.165) is 6.07 Å². The van der Waals surface area contributed by atoms with Gasteiger partial charge >= 0.3 is 5.97 Å². The van der Waals surface area contributed by atoms with Crippen LogP contribution in [0.2, 0.25) is 0 Å². The number of phenolic OH excluding ortho intramolecular Hbond substituents is 1. The maximum absolute atomic E-state index is 13.1. The standard InChI is InChI=1S/C9H10FNO3/c10-7-4-6(12)2-1-5(7)3-8(11)9(13)14/h1-2,4,8,12H,3,11H2,(H,13,14)/t8-/m1/s1/i10-1. The van der Waals surface area contributed by atoms with E-state index in [1.807, 2.05) is 0 Å². The highest BCUT2D eigenvalue weighted by molar-refractivity contribution is 5.73. The van der Waals surface area contributed by atoms with Crippen LogP contribution in [0, 0.1) is 5.82 Å². The molecule has 0 aliphatic carbocycles. The third-order valence-electron chi connectivity index (χ3n) is 1.79. The molecule has 14 heavy (non-hydrogen) atoms. The zero-order valence-corrected chi connectivity index (χ0v) is 7.27. The van der Waals surface area contributed by atoms with Gasteiger partial charge in [0.25, 0.3) is 0 Å². The maximum atomic E-state index is 13.1. The molecule has 1 aromatic rings. The summed E-state index contributed by atoms with van der Waals surface area (Å²) in [4.78, 5) is 10.4. The number of nitrogens with two attached hydrogens (primary N) is 1. The number of hydrogen-bond donors (Lipinski definition) is 3. The highest BCUT2D eigenvalue weighted by atomic mass is 18.2. The summed E-state index contributed by atoms with van der Waals surface area (Å²) in [7, 11) is 0. The zero-order valence-electron chi connectivity index (χ0n) is 7.27. The molecule has 0 spiro atoms. The molecular formula is C9H10FNO3. The number of phenols is 1. The van der Waals surface area contributed by atoms with Crippen molar-refractivity contribution in [2.45, 2.75) is 12.5 Å². The lowest BCUT2D eigenvalue weighted by molar-refractivity contribution is -0.138. The minimum Gasteiger partial charge on any atom is -0.508 e. The predicted molar refractivity (Wildman–Crippen MR) is 47.4 cm³/mol. The van der Waals surface area contributed by atoms with E-state index in [1.54, 1.807) is 0 Å². The summed E-state index contributed by atoms with van der Waals surface area (Å²) in [5.41, 5.74) is 5.41. The number of halogens is 1. The summed E-state index contributed by atoms with van der Waals surface area (Å²) in [5.74, 6) is -2.03. The highest BCUT2D eigenvalue weighted by Crippen LogP contribution is 2.15. The van der Waals surface area contributed by atoms with Gasteiger partial charge in [-0.15, -0.1) is 0 Å². The third kappa shape index (κ3) is 2.43. The molecule has 0 aliphatic heterocycles. The van der Waals surface area contributed by atoms with E-state index in [9.17, 15) is 9.18 Å². The molecular weight excluding hydrogens is 188 g/mol. The Balaban J connectivity index is 2.82. The van der Waals surface area contributed by atoms with E-state index in [2.05, 4.69) is 0 Å². The van der Waals surface area contributed by atoms with Crippen molar-refractivity contribution in [3.05, 3.63) is 29.6 Å². The Morgan fingerprint density at radius 2 is 2.21 bits per heavy atom. The molecule has 0 aliphatic rings. The number of aromatic hydroxyl groups is 1. The summed E-state index contributed by atoms with van der Waals surface area (Å²) in [6.45, 7) is 0. The Morgan fingerprint density at radius 3 is 2.71 bits per heavy atom. The van der Waals surface area contributed by atoms with Gasteiger partial charge in [0.1, 0.15) is 17.6 Å². The molecule has 4 nitrogen and oxygen atoms in total. The molecule has 4 N–H and O–H groups in total. The summed E-state index contributed by atoms with van der Waals surface area (Å²) in [5, 5.41) is 17.4. The Bertz CT molecular complexity index is 354. The molecule has 0 heterocycles. The van der Waals surface area contributed by atoms with Gasteiger partial charge in [-0.25, -0.2) is 4.39 Å². The Hall–Kier alpha value is -1.62. The van der Waals surface area contributed by atoms with Gasteiger partial charge in [-0.1, -0.05) is 6.07 Å². The monoisotopic (exact) mass is 198 g/mol. The molecule has 76 valence electrons. The largest absolute Gasteiger partial charge is 0.508 e. The van der Waals surface area contributed by atoms with Crippen LogP contribution in [0.4, 0.5) is 4.39 Å². The smallest absolute Gasteiger partial charge is 0.320 e. The van der Waals surface area contributed by atoms with Crippen molar-refractivity contribution in [2.75, 3.05) is 0 Å². The van der Waals surface area contributed by atoms with Gasteiger partial charge < -0.3 is 15.9 Å². The van der Waals surface area contributed by atoms with Crippen molar-refractivity contribution >= 4 is 5.97 Å². The highest BCUT2D eigenvalue weighted by Gasteiger charge is 2.14. The van der Waals surface area contributed by atoms with E-state index in [-0.39, 0.29) is 17.7 Å². The van der Waals surface area contributed by atoms with Crippen LogP contribution in [0.3, 0.4) is 0 Å². The van der Waals surface area contributed by atoms with Crippen LogP contribution < -0.4 is 5.73 Å². The second-order valence-electron chi connectivity index (χ2n) is 2.92. The SMILES string of the molecule is N[C@H](Cc1ccc(O)cc1[18F])C(=O)O. The summed E-state index contributed by atoms with van der Waals surface area (Å²) < 4.78 is 13.1. The third-order valence-corrected chi connectivity index (χ3v) is 1.79. The van der Waals surface area contributed by atoms with Crippen LogP contribution in [0.25, 0.3) is 0 Å². The fourth-order valence-electron chi connectivity index (χ4n) is 1.03. The van der Waals surface area contributed by atoms with Crippen molar-refractivity contribution in [3.8, 4) is 5.75 Å². The van der Waals surface area contributed by atoms with Crippen LogP contribution in [0.15, 0.2) is 18.2 Å². The first-order valence-corrected chi connectivity index (χ1v) is 3.96. The minimum absolute atomic E-state index is 0.0958. The molecule has 0 saturated heterocycles. The van der Waals surface area contributed by atoms with E-state index < -0.39 is 17.8 Å². The molecule has 0 radical (unpaired) electrons. The average Bonchev–Trinajstić information content (AvgIpc) is 2.09. The van der Waals surface area contributed by atoms with E-state index in [1.165, 1.54) is 12.1 Å². The Labute approximate surface area is 79.8 Å². The summed E-state index contributed by atoms with van der Waals surface area (Å²) in [6.07, 6.45) is -0.0958. The van der Waals surface area contributed by atoms with Crippen LogP contribution in [-0.4, -0.2) is 22.2 Å². The molecule has 0 unspecified atom stereocenters. The second-order valence-corrected chi connectivity index (χ2v) is 2.92. The van der Waals surface area contributed by atoms with E-state index in [0.29, 0.717) is 0 Å². The van der Waals surface area contributed by atoms with Gasteiger partial charge in [0.05, 0.1) is 0 Å². The average molecular weight is 198 g/mol. The van der Waals surface area contributed by atoms with Gasteiger partial charge in [0.15, 0.2) is 0 Å². The summed E-state index contributed by atoms with van der Waals surface area (Å²) >= 11 is 0. The van der Waals surface area contributed by atoms with Gasteiger partial charge in [0.2, 0.25) is 0 Å². The maximum Gasteiger partial charge on any atom is 0.320 e. The fraction of sp³-hybridized carbons (Fsp3) is 0.222. The van der Waals surface area contributed by atoms with Gasteiger partial charge in [-0.2, -0.15) is 0 Å². The van der Waals surface area contributed by atoms with Gasteiger partial charge in [-0.05, 0) is 11.6 Å². The molecule has 0 aromatic heterocycles. The second kappa shape index (κ2) is 4.06. The fourth-order valence-corrected chi connectivity index (χ4v) is 1.03. The van der Waals surface area contributed by atoms with Gasteiger partial charge in [-0.3, -0.25) is 4.79 Å². The first-order valence-electron chi connectivity index (χ1n) is 3.96. The first kappa shape index (κ1) is 10.5.